The zero-order valence-electron chi connectivity index (χ0n) is 11.3. The number of ether oxygens (including phenoxy) is 1. The second-order valence-corrected chi connectivity index (χ2v) is 4.23. The zero-order valence-corrected chi connectivity index (χ0v) is 11.3. The predicted molar refractivity (Wildman–Crippen MR) is 75.2 cm³/mol. The van der Waals surface area contributed by atoms with E-state index >= 15 is 0 Å². The molecule has 2 aromatic heterocycles. The van der Waals surface area contributed by atoms with Crippen molar-refractivity contribution in [1.82, 2.24) is 15.3 Å². The Morgan fingerprint density at radius 1 is 1.16 bits per heavy atom. The molecule has 0 aliphatic rings. The fourth-order valence-corrected chi connectivity index (χ4v) is 1.97. The number of pyridine rings is 2. The van der Waals surface area contributed by atoms with Crippen LogP contribution >= 0.6 is 0 Å². The van der Waals surface area contributed by atoms with E-state index < -0.39 is 0 Å². The minimum absolute atomic E-state index is 0.0442. The van der Waals surface area contributed by atoms with Gasteiger partial charge in [0.15, 0.2) is 0 Å². The van der Waals surface area contributed by atoms with Crippen molar-refractivity contribution in [2.75, 3.05) is 13.7 Å². The van der Waals surface area contributed by atoms with E-state index in [9.17, 15) is 0 Å². The molecule has 0 radical (unpaired) electrons. The maximum atomic E-state index is 5.40. The van der Waals surface area contributed by atoms with Crippen molar-refractivity contribution in [1.29, 1.82) is 0 Å². The van der Waals surface area contributed by atoms with Crippen LogP contribution in [0.1, 0.15) is 30.8 Å². The summed E-state index contributed by atoms with van der Waals surface area (Å²) in [5, 5.41) is 3.47. The highest BCUT2D eigenvalue weighted by molar-refractivity contribution is 5.34. The lowest BCUT2D eigenvalue weighted by molar-refractivity contribution is 0.399. The molecular weight excluding hydrogens is 238 g/mol. The third-order valence-electron chi connectivity index (χ3n) is 2.88. The molecule has 0 spiro atoms. The van der Waals surface area contributed by atoms with Crippen LogP contribution in [0.3, 0.4) is 0 Å². The average molecular weight is 257 g/mol. The Kier molecular flexibility index (Phi) is 4.86. The molecule has 0 fully saturated rings. The summed E-state index contributed by atoms with van der Waals surface area (Å²) in [6, 6.07) is 9.65. The van der Waals surface area contributed by atoms with Crippen LogP contribution in [0.2, 0.25) is 0 Å². The summed E-state index contributed by atoms with van der Waals surface area (Å²) in [5.41, 5.74) is 1.82. The van der Waals surface area contributed by atoms with E-state index in [1.807, 2.05) is 30.3 Å². The van der Waals surface area contributed by atoms with Crippen LogP contribution in [-0.2, 0) is 0 Å². The van der Waals surface area contributed by atoms with Gasteiger partial charge in [-0.1, -0.05) is 13.0 Å². The monoisotopic (exact) mass is 257 g/mol. The smallest absolute Gasteiger partial charge is 0.142 e. The lowest BCUT2D eigenvalue weighted by Gasteiger charge is -2.19. The number of nitrogens with zero attached hydrogens (tertiary/aromatic N) is 2. The van der Waals surface area contributed by atoms with Crippen LogP contribution in [0.4, 0.5) is 0 Å². The first-order chi connectivity index (χ1) is 9.36. The van der Waals surface area contributed by atoms with E-state index in [0.717, 1.165) is 30.1 Å². The van der Waals surface area contributed by atoms with Crippen molar-refractivity contribution in [2.45, 2.75) is 19.4 Å². The molecule has 0 aromatic carbocycles. The second-order valence-electron chi connectivity index (χ2n) is 4.23. The maximum absolute atomic E-state index is 5.40. The molecule has 2 heterocycles. The Hall–Kier alpha value is -1.94. The second kappa shape index (κ2) is 6.85. The van der Waals surface area contributed by atoms with Crippen LogP contribution in [0, 0.1) is 0 Å². The molecule has 0 bridgehead atoms. The Morgan fingerprint density at radius 3 is 2.68 bits per heavy atom. The van der Waals surface area contributed by atoms with Gasteiger partial charge in [0.25, 0.3) is 0 Å². The van der Waals surface area contributed by atoms with Crippen molar-refractivity contribution in [2.24, 2.45) is 0 Å². The minimum atomic E-state index is -0.0442. The lowest BCUT2D eigenvalue weighted by Crippen LogP contribution is -2.25. The SMILES string of the molecule is CCCNC(c1ccccn1)c1ncccc1OC. The first-order valence-corrected chi connectivity index (χ1v) is 6.50. The van der Waals surface area contributed by atoms with Crippen LogP contribution in [0.15, 0.2) is 42.7 Å². The van der Waals surface area contributed by atoms with Gasteiger partial charge in [-0.3, -0.25) is 9.97 Å². The number of hydrogen-bond donors (Lipinski definition) is 1. The van der Waals surface area contributed by atoms with Gasteiger partial charge in [0.2, 0.25) is 0 Å². The number of aromatic nitrogens is 2. The van der Waals surface area contributed by atoms with E-state index in [2.05, 4.69) is 22.2 Å². The van der Waals surface area contributed by atoms with Crippen LogP contribution in [0.25, 0.3) is 0 Å². The summed E-state index contributed by atoms with van der Waals surface area (Å²) < 4.78 is 5.40. The lowest BCUT2D eigenvalue weighted by atomic mass is 10.1. The van der Waals surface area contributed by atoms with E-state index in [4.69, 9.17) is 4.74 Å². The van der Waals surface area contributed by atoms with Gasteiger partial charge >= 0.3 is 0 Å². The first-order valence-electron chi connectivity index (χ1n) is 6.50. The quantitative estimate of drug-likeness (QED) is 0.864. The topological polar surface area (TPSA) is 47.0 Å². The maximum Gasteiger partial charge on any atom is 0.142 e. The molecule has 100 valence electrons. The summed E-state index contributed by atoms with van der Waals surface area (Å²) >= 11 is 0. The van der Waals surface area contributed by atoms with Gasteiger partial charge in [-0.05, 0) is 37.2 Å². The van der Waals surface area contributed by atoms with Gasteiger partial charge < -0.3 is 10.1 Å². The molecule has 1 N–H and O–H groups in total. The molecule has 1 atom stereocenters. The van der Waals surface area contributed by atoms with Gasteiger partial charge in [0.1, 0.15) is 11.4 Å². The fraction of sp³-hybridized carbons (Fsp3) is 0.333. The van der Waals surface area contributed by atoms with E-state index in [0.29, 0.717) is 0 Å². The minimum Gasteiger partial charge on any atom is -0.495 e. The number of hydrogen-bond acceptors (Lipinski definition) is 4. The highest BCUT2D eigenvalue weighted by Crippen LogP contribution is 2.26. The molecule has 1 unspecified atom stereocenters. The summed E-state index contributed by atoms with van der Waals surface area (Å²) in [7, 11) is 1.66. The predicted octanol–water partition coefficient (Wildman–Crippen LogP) is 2.57. The average Bonchev–Trinajstić information content (AvgIpc) is 2.49. The highest BCUT2D eigenvalue weighted by atomic mass is 16.5. The van der Waals surface area contributed by atoms with E-state index in [-0.39, 0.29) is 6.04 Å². The summed E-state index contributed by atoms with van der Waals surface area (Å²) in [6.45, 7) is 3.04. The standard InChI is InChI=1S/C15H19N3O/c1-3-9-17-14(12-7-4-5-10-16-12)15-13(19-2)8-6-11-18-15/h4-8,10-11,14,17H,3,9H2,1-2H3. The Balaban J connectivity index is 2.37. The normalized spacial score (nSPS) is 12.1. The summed E-state index contributed by atoms with van der Waals surface area (Å²) in [6.07, 6.45) is 4.63. The van der Waals surface area contributed by atoms with Crippen LogP contribution in [-0.4, -0.2) is 23.6 Å². The Morgan fingerprint density at radius 2 is 2.00 bits per heavy atom. The van der Waals surface area contributed by atoms with E-state index in [1.54, 1.807) is 19.5 Å². The number of rotatable bonds is 6. The molecule has 0 aliphatic heterocycles. The number of nitrogens with one attached hydrogen (secondary N) is 1. The van der Waals surface area contributed by atoms with Crippen molar-refractivity contribution in [3.05, 3.63) is 54.1 Å². The largest absolute Gasteiger partial charge is 0.495 e. The molecule has 0 saturated heterocycles. The first kappa shape index (κ1) is 13.5. The molecule has 0 aliphatic carbocycles. The van der Waals surface area contributed by atoms with Crippen molar-refractivity contribution >= 4 is 0 Å². The van der Waals surface area contributed by atoms with Crippen molar-refractivity contribution in [3.8, 4) is 5.75 Å². The Labute approximate surface area is 113 Å². The van der Waals surface area contributed by atoms with Crippen molar-refractivity contribution < 1.29 is 4.74 Å². The van der Waals surface area contributed by atoms with E-state index in [1.165, 1.54) is 0 Å². The molecule has 2 aromatic rings. The zero-order chi connectivity index (χ0) is 13.5. The fourth-order valence-electron chi connectivity index (χ4n) is 1.97. The molecule has 19 heavy (non-hydrogen) atoms. The molecule has 4 nitrogen and oxygen atoms in total. The number of methoxy groups -OCH3 is 1. The van der Waals surface area contributed by atoms with Crippen molar-refractivity contribution in [3.63, 3.8) is 0 Å². The van der Waals surface area contributed by atoms with Crippen LogP contribution < -0.4 is 10.1 Å². The summed E-state index contributed by atoms with van der Waals surface area (Å²) in [4.78, 5) is 8.88. The Bertz CT molecular complexity index is 502. The van der Waals surface area contributed by atoms with Gasteiger partial charge in [-0.25, -0.2) is 0 Å². The molecule has 2 rings (SSSR count). The third-order valence-corrected chi connectivity index (χ3v) is 2.88. The van der Waals surface area contributed by atoms with Gasteiger partial charge in [-0.2, -0.15) is 0 Å². The van der Waals surface area contributed by atoms with Gasteiger partial charge in [0.05, 0.1) is 18.8 Å². The van der Waals surface area contributed by atoms with Gasteiger partial charge in [0, 0.05) is 12.4 Å². The third kappa shape index (κ3) is 3.29. The van der Waals surface area contributed by atoms with Crippen LogP contribution in [0.5, 0.6) is 5.75 Å². The molecule has 4 heteroatoms. The molecule has 0 amide bonds. The molecular formula is C15H19N3O. The summed E-state index contributed by atoms with van der Waals surface area (Å²) in [5.74, 6) is 0.779. The highest BCUT2D eigenvalue weighted by Gasteiger charge is 2.19. The molecule has 0 saturated carbocycles. The van der Waals surface area contributed by atoms with Gasteiger partial charge in [-0.15, -0.1) is 0 Å².